The average molecular weight is 394 g/mol. The Balaban J connectivity index is 1.92. The first-order valence-electron chi connectivity index (χ1n) is 9.02. The van der Waals surface area contributed by atoms with Crippen molar-refractivity contribution in [2.75, 3.05) is 13.2 Å². The van der Waals surface area contributed by atoms with Gasteiger partial charge in [0.25, 0.3) is 0 Å². The van der Waals surface area contributed by atoms with Gasteiger partial charge in [0.1, 0.15) is 11.8 Å². The van der Waals surface area contributed by atoms with E-state index in [1.807, 2.05) is 36.4 Å². The van der Waals surface area contributed by atoms with Crippen LogP contribution in [0.1, 0.15) is 30.5 Å². The Morgan fingerprint density at radius 2 is 1.90 bits per heavy atom. The predicted octanol–water partition coefficient (Wildman–Crippen LogP) is 2.92. The van der Waals surface area contributed by atoms with Crippen LogP contribution in [0.3, 0.4) is 0 Å². The van der Waals surface area contributed by atoms with E-state index >= 15 is 0 Å². The fraction of sp³-hybridized carbons (Fsp3) is 0.238. The van der Waals surface area contributed by atoms with E-state index in [1.54, 1.807) is 31.2 Å². The Labute approximate surface area is 169 Å². The third-order valence-electron chi connectivity index (χ3n) is 3.75. The van der Waals surface area contributed by atoms with Gasteiger partial charge in [0, 0.05) is 0 Å². The second-order valence-electron chi connectivity index (χ2n) is 5.84. The molecule has 29 heavy (non-hydrogen) atoms. The SMILES string of the molecule is CCOC(=O)N[C@@H](CC(=O)N/N=C\c1ccc(OCC#N)cc1)c1ccccc1. The van der Waals surface area contributed by atoms with Crippen LogP contribution >= 0.6 is 0 Å². The first kappa shape index (κ1) is 21.4. The molecule has 0 aliphatic rings. The smallest absolute Gasteiger partial charge is 0.407 e. The van der Waals surface area contributed by atoms with E-state index < -0.39 is 12.1 Å². The zero-order valence-corrected chi connectivity index (χ0v) is 16.0. The van der Waals surface area contributed by atoms with Crippen molar-refractivity contribution in [2.24, 2.45) is 5.10 Å². The standard InChI is InChI=1S/C21H22N4O4/c1-2-28-21(27)24-19(17-6-4-3-5-7-17)14-20(26)25-23-15-16-8-10-18(11-9-16)29-13-12-22/h3-11,15,19H,2,13-14H2,1H3,(H,24,27)(H,25,26)/b23-15-/t19-/m0/s1. The molecule has 2 N–H and O–H groups in total. The number of hydrazone groups is 1. The number of nitrogens with zero attached hydrogens (tertiary/aromatic N) is 2. The van der Waals surface area contributed by atoms with E-state index in [1.165, 1.54) is 6.21 Å². The van der Waals surface area contributed by atoms with Gasteiger partial charge in [0.15, 0.2) is 6.61 Å². The van der Waals surface area contributed by atoms with Gasteiger partial charge in [0.05, 0.1) is 25.3 Å². The summed E-state index contributed by atoms with van der Waals surface area (Å²) in [6, 6.07) is 17.4. The van der Waals surface area contributed by atoms with E-state index in [-0.39, 0.29) is 25.5 Å². The molecule has 2 rings (SSSR count). The van der Waals surface area contributed by atoms with Crippen LogP contribution in [0, 0.1) is 11.3 Å². The van der Waals surface area contributed by atoms with Gasteiger partial charge in [-0.15, -0.1) is 0 Å². The molecule has 2 aromatic carbocycles. The lowest BCUT2D eigenvalue weighted by Crippen LogP contribution is -2.33. The highest BCUT2D eigenvalue weighted by molar-refractivity contribution is 5.83. The molecular weight excluding hydrogens is 372 g/mol. The summed E-state index contributed by atoms with van der Waals surface area (Å²) in [7, 11) is 0. The lowest BCUT2D eigenvalue weighted by molar-refractivity contribution is -0.121. The number of nitriles is 1. The highest BCUT2D eigenvalue weighted by Gasteiger charge is 2.18. The van der Waals surface area contributed by atoms with Crippen molar-refractivity contribution in [3.05, 3.63) is 65.7 Å². The molecule has 0 aliphatic carbocycles. The minimum atomic E-state index is -0.587. The minimum Gasteiger partial charge on any atom is -0.479 e. The largest absolute Gasteiger partial charge is 0.479 e. The fourth-order valence-electron chi connectivity index (χ4n) is 2.43. The molecular formula is C21H22N4O4. The summed E-state index contributed by atoms with van der Waals surface area (Å²) in [4.78, 5) is 24.0. The average Bonchev–Trinajstić information content (AvgIpc) is 2.73. The lowest BCUT2D eigenvalue weighted by Gasteiger charge is -2.18. The number of carbonyl (C=O) groups excluding carboxylic acids is 2. The van der Waals surface area contributed by atoms with E-state index in [2.05, 4.69) is 15.8 Å². The van der Waals surface area contributed by atoms with Gasteiger partial charge < -0.3 is 14.8 Å². The Kier molecular flexibility index (Phi) is 8.70. The number of ether oxygens (including phenoxy) is 2. The molecule has 8 nitrogen and oxygen atoms in total. The topological polar surface area (TPSA) is 113 Å². The second kappa shape index (κ2) is 11.8. The van der Waals surface area contributed by atoms with Gasteiger partial charge in [-0.25, -0.2) is 10.2 Å². The van der Waals surface area contributed by atoms with Crippen LogP contribution in [-0.4, -0.2) is 31.4 Å². The fourth-order valence-corrected chi connectivity index (χ4v) is 2.43. The van der Waals surface area contributed by atoms with E-state index in [4.69, 9.17) is 14.7 Å². The molecule has 0 radical (unpaired) electrons. The number of carbonyl (C=O) groups is 2. The van der Waals surface area contributed by atoms with Crippen LogP contribution < -0.4 is 15.5 Å². The Bertz CT molecular complexity index is 860. The van der Waals surface area contributed by atoms with Crippen LogP contribution in [0.15, 0.2) is 59.7 Å². The van der Waals surface area contributed by atoms with Crippen LogP contribution in [0.2, 0.25) is 0 Å². The van der Waals surface area contributed by atoms with Crippen LogP contribution in [0.25, 0.3) is 0 Å². The molecule has 0 aliphatic heterocycles. The molecule has 8 heteroatoms. The summed E-state index contributed by atoms with van der Waals surface area (Å²) < 4.78 is 10.1. The number of hydrogen-bond acceptors (Lipinski definition) is 6. The Morgan fingerprint density at radius 3 is 2.55 bits per heavy atom. The van der Waals surface area contributed by atoms with Crippen molar-refractivity contribution in [3.63, 3.8) is 0 Å². The van der Waals surface area contributed by atoms with Crippen molar-refractivity contribution in [2.45, 2.75) is 19.4 Å². The monoisotopic (exact) mass is 394 g/mol. The second-order valence-corrected chi connectivity index (χ2v) is 5.84. The van der Waals surface area contributed by atoms with Gasteiger partial charge >= 0.3 is 6.09 Å². The summed E-state index contributed by atoms with van der Waals surface area (Å²) in [5.74, 6) is 0.212. The Morgan fingerprint density at radius 1 is 1.17 bits per heavy atom. The van der Waals surface area contributed by atoms with Crippen LogP contribution in [0.4, 0.5) is 4.79 Å². The van der Waals surface area contributed by atoms with Crippen molar-refractivity contribution in [1.82, 2.24) is 10.7 Å². The zero-order chi connectivity index (χ0) is 20.9. The molecule has 0 saturated heterocycles. The highest BCUT2D eigenvalue weighted by Crippen LogP contribution is 2.16. The van der Waals surface area contributed by atoms with Gasteiger partial charge in [-0.1, -0.05) is 30.3 Å². The third-order valence-corrected chi connectivity index (χ3v) is 3.75. The number of benzene rings is 2. The minimum absolute atomic E-state index is 0.00110. The summed E-state index contributed by atoms with van der Waals surface area (Å²) >= 11 is 0. The molecule has 0 unspecified atom stereocenters. The first-order chi connectivity index (χ1) is 14.1. The third kappa shape index (κ3) is 7.72. The summed E-state index contributed by atoms with van der Waals surface area (Å²) in [6.45, 7) is 1.93. The maximum absolute atomic E-state index is 12.3. The zero-order valence-electron chi connectivity index (χ0n) is 16.0. The lowest BCUT2D eigenvalue weighted by atomic mass is 10.0. The normalized spacial score (nSPS) is 11.3. The molecule has 0 bridgehead atoms. The van der Waals surface area contributed by atoms with Gasteiger partial charge in [-0.05, 0) is 42.3 Å². The summed E-state index contributed by atoms with van der Waals surface area (Å²) in [5, 5.41) is 15.1. The molecule has 0 aromatic heterocycles. The van der Waals surface area contributed by atoms with E-state index in [0.29, 0.717) is 5.75 Å². The summed E-state index contributed by atoms with van der Waals surface area (Å²) in [6.07, 6.45) is 0.903. The quantitative estimate of drug-likeness (QED) is 0.501. The molecule has 150 valence electrons. The number of amides is 2. The maximum Gasteiger partial charge on any atom is 0.407 e. The van der Waals surface area contributed by atoms with Crippen LogP contribution in [-0.2, 0) is 9.53 Å². The van der Waals surface area contributed by atoms with Crippen molar-refractivity contribution >= 4 is 18.2 Å². The van der Waals surface area contributed by atoms with Gasteiger partial charge in [0.2, 0.25) is 5.91 Å². The Hall–Kier alpha value is -3.86. The van der Waals surface area contributed by atoms with E-state index in [9.17, 15) is 9.59 Å². The molecule has 2 aromatic rings. The molecule has 0 fully saturated rings. The van der Waals surface area contributed by atoms with Crippen molar-refractivity contribution in [3.8, 4) is 11.8 Å². The van der Waals surface area contributed by atoms with Crippen LogP contribution in [0.5, 0.6) is 5.75 Å². The van der Waals surface area contributed by atoms with Crippen molar-refractivity contribution < 1.29 is 19.1 Å². The number of alkyl carbamates (subject to hydrolysis) is 1. The predicted molar refractivity (Wildman–Crippen MR) is 107 cm³/mol. The van der Waals surface area contributed by atoms with Gasteiger partial charge in [-0.3, -0.25) is 4.79 Å². The molecule has 2 amide bonds. The molecule has 0 saturated carbocycles. The molecule has 0 spiro atoms. The summed E-state index contributed by atoms with van der Waals surface area (Å²) in [5.41, 5.74) is 3.98. The maximum atomic E-state index is 12.3. The van der Waals surface area contributed by atoms with Crippen molar-refractivity contribution in [1.29, 1.82) is 5.26 Å². The van der Waals surface area contributed by atoms with Gasteiger partial charge in [-0.2, -0.15) is 10.4 Å². The highest BCUT2D eigenvalue weighted by atomic mass is 16.5. The number of nitrogens with one attached hydrogen (secondary N) is 2. The molecule has 0 heterocycles. The van der Waals surface area contributed by atoms with E-state index in [0.717, 1.165) is 11.1 Å². The first-order valence-corrected chi connectivity index (χ1v) is 9.02. The number of hydrogen-bond donors (Lipinski definition) is 2. The number of rotatable bonds is 9. The molecule has 1 atom stereocenters.